The zero-order valence-corrected chi connectivity index (χ0v) is 10.4. The number of hydrogen-bond donors (Lipinski definition) is 1. The molecule has 1 aliphatic rings. The number of aromatic nitrogens is 2. The lowest BCUT2D eigenvalue weighted by Gasteiger charge is -2.31. The maximum atomic E-state index is 12.8. The summed E-state index contributed by atoms with van der Waals surface area (Å²) in [5, 5.41) is 0. The Kier molecular flexibility index (Phi) is 3.04. The maximum Gasteiger partial charge on any atom is 0.416 e. The number of rotatable bonds is 2. The van der Waals surface area contributed by atoms with E-state index in [4.69, 9.17) is 4.74 Å². The van der Waals surface area contributed by atoms with Gasteiger partial charge in [-0.05, 0) is 18.2 Å². The van der Waals surface area contributed by atoms with Crippen LogP contribution in [0, 0.1) is 0 Å². The van der Waals surface area contributed by atoms with E-state index in [9.17, 15) is 13.2 Å². The number of nitrogens with zero attached hydrogens (tertiary/aromatic N) is 2. The Balaban J connectivity index is 1.94. The average molecular weight is 283 g/mol. The van der Waals surface area contributed by atoms with E-state index in [1.165, 1.54) is 6.07 Å². The number of ether oxygens (including phenoxy) is 1. The Morgan fingerprint density at radius 3 is 2.90 bits per heavy atom. The van der Waals surface area contributed by atoms with Crippen molar-refractivity contribution >= 4 is 5.69 Å². The lowest BCUT2D eigenvalue weighted by Crippen LogP contribution is -2.32. The number of alkyl halides is 3. The molecule has 3 rings (SSSR count). The molecule has 0 atom stereocenters. The molecule has 4 nitrogen and oxygen atoms in total. The number of imidazole rings is 1. The highest BCUT2D eigenvalue weighted by atomic mass is 19.4. The number of fused-ring (bicyclic) bond motifs is 1. The number of hydrogen-bond acceptors (Lipinski definition) is 3. The Labute approximate surface area is 113 Å². The summed E-state index contributed by atoms with van der Waals surface area (Å²) in [6.45, 7) is 1.42. The fraction of sp³-hybridized carbons (Fsp3) is 0.308. The van der Waals surface area contributed by atoms with E-state index < -0.39 is 11.7 Å². The molecule has 0 bridgehead atoms. The molecule has 2 heterocycles. The fourth-order valence-electron chi connectivity index (χ4n) is 2.19. The average Bonchev–Trinajstić information content (AvgIpc) is 2.90. The van der Waals surface area contributed by atoms with E-state index in [1.54, 1.807) is 12.5 Å². The quantitative estimate of drug-likeness (QED) is 0.921. The van der Waals surface area contributed by atoms with Crippen molar-refractivity contribution < 1.29 is 17.9 Å². The van der Waals surface area contributed by atoms with E-state index in [2.05, 4.69) is 9.97 Å². The van der Waals surface area contributed by atoms with E-state index in [-0.39, 0.29) is 0 Å². The normalized spacial score (nSPS) is 14.8. The number of anilines is 1. The summed E-state index contributed by atoms with van der Waals surface area (Å²) in [4.78, 5) is 8.76. The largest absolute Gasteiger partial charge is 0.490 e. The number of H-pyrrole nitrogens is 1. The Morgan fingerprint density at radius 2 is 2.20 bits per heavy atom. The molecule has 1 N–H and O–H groups in total. The van der Waals surface area contributed by atoms with Crippen molar-refractivity contribution in [2.24, 2.45) is 0 Å². The van der Waals surface area contributed by atoms with Gasteiger partial charge in [-0.25, -0.2) is 4.98 Å². The first-order chi connectivity index (χ1) is 9.54. The van der Waals surface area contributed by atoms with E-state index in [0.29, 0.717) is 31.1 Å². The van der Waals surface area contributed by atoms with Crippen molar-refractivity contribution in [3.8, 4) is 5.75 Å². The highest BCUT2D eigenvalue weighted by Gasteiger charge is 2.32. The van der Waals surface area contributed by atoms with Crippen molar-refractivity contribution in [3.05, 3.63) is 42.0 Å². The van der Waals surface area contributed by atoms with Gasteiger partial charge in [0.1, 0.15) is 12.4 Å². The van der Waals surface area contributed by atoms with Crippen LogP contribution >= 0.6 is 0 Å². The van der Waals surface area contributed by atoms with Crippen molar-refractivity contribution in [2.45, 2.75) is 12.7 Å². The summed E-state index contributed by atoms with van der Waals surface area (Å²) < 4.78 is 43.8. The molecule has 1 aromatic carbocycles. The van der Waals surface area contributed by atoms with Crippen LogP contribution in [0.4, 0.5) is 18.9 Å². The number of nitrogens with one attached hydrogen (secondary N) is 1. The minimum Gasteiger partial charge on any atom is -0.490 e. The third-order valence-electron chi connectivity index (χ3n) is 3.15. The summed E-state index contributed by atoms with van der Waals surface area (Å²) in [5.41, 5.74) is 0.554. The van der Waals surface area contributed by atoms with Gasteiger partial charge in [0, 0.05) is 6.20 Å². The molecule has 0 saturated carbocycles. The van der Waals surface area contributed by atoms with Crippen LogP contribution in [0.25, 0.3) is 0 Å². The SMILES string of the molecule is FC(F)(F)c1ccc2c(c1)N(Cc1c[nH]cn1)CCO2. The summed E-state index contributed by atoms with van der Waals surface area (Å²) in [7, 11) is 0. The minimum absolute atomic E-state index is 0.446. The predicted molar refractivity (Wildman–Crippen MR) is 66.6 cm³/mol. The van der Waals surface area contributed by atoms with Crippen LogP contribution in [-0.2, 0) is 12.7 Å². The van der Waals surface area contributed by atoms with Crippen LogP contribution in [0.15, 0.2) is 30.7 Å². The molecule has 0 aliphatic carbocycles. The van der Waals surface area contributed by atoms with Gasteiger partial charge in [-0.15, -0.1) is 0 Å². The Bertz CT molecular complexity index is 595. The molecular formula is C13H12F3N3O. The molecule has 0 fully saturated rings. The second kappa shape index (κ2) is 4.73. The third-order valence-corrected chi connectivity index (χ3v) is 3.15. The molecule has 0 saturated heterocycles. The van der Waals surface area contributed by atoms with Crippen LogP contribution in [0.1, 0.15) is 11.3 Å². The molecule has 7 heteroatoms. The maximum absolute atomic E-state index is 12.8. The van der Waals surface area contributed by atoms with Gasteiger partial charge in [-0.1, -0.05) is 0 Å². The standard InChI is InChI=1S/C13H12F3N3O/c14-13(15,16)9-1-2-12-11(5-9)19(3-4-20-12)7-10-6-17-8-18-10/h1-2,5-6,8H,3-4,7H2,(H,17,18). The van der Waals surface area contributed by atoms with Gasteiger partial charge in [0.05, 0.1) is 36.4 Å². The number of benzene rings is 1. The van der Waals surface area contributed by atoms with Crippen molar-refractivity contribution in [3.63, 3.8) is 0 Å². The van der Waals surface area contributed by atoms with Gasteiger partial charge in [0.15, 0.2) is 0 Å². The van der Waals surface area contributed by atoms with E-state index in [1.807, 2.05) is 4.90 Å². The molecule has 1 aliphatic heterocycles. The molecule has 106 valence electrons. The lowest BCUT2D eigenvalue weighted by molar-refractivity contribution is -0.137. The topological polar surface area (TPSA) is 41.2 Å². The number of aromatic amines is 1. The molecule has 0 amide bonds. The second-order valence-corrected chi connectivity index (χ2v) is 4.51. The summed E-state index contributed by atoms with van der Waals surface area (Å²) in [6.07, 6.45) is -1.09. The molecule has 0 radical (unpaired) electrons. The van der Waals surface area contributed by atoms with E-state index >= 15 is 0 Å². The van der Waals surface area contributed by atoms with Crippen LogP contribution in [0.2, 0.25) is 0 Å². The molecule has 0 spiro atoms. The van der Waals surface area contributed by atoms with Gasteiger partial charge in [-0.3, -0.25) is 0 Å². The third kappa shape index (κ3) is 2.43. The summed E-state index contributed by atoms with van der Waals surface area (Å²) in [5.74, 6) is 0.472. The molecule has 20 heavy (non-hydrogen) atoms. The van der Waals surface area contributed by atoms with Gasteiger partial charge in [0.2, 0.25) is 0 Å². The van der Waals surface area contributed by atoms with Gasteiger partial charge >= 0.3 is 6.18 Å². The van der Waals surface area contributed by atoms with Gasteiger partial charge < -0.3 is 14.6 Å². The monoisotopic (exact) mass is 283 g/mol. The van der Waals surface area contributed by atoms with Gasteiger partial charge in [-0.2, -0.15) is 13.2 Å². The lowest BCUT2D eigenvalue weighted by atomic mass is 10.1. The molecular weight excluding hydrogens is 271 g/mol. The summed E-state index contributed by atoms with van der Waals surface area (Å²) in [6, 6.07) is 3.53. The second-order valence-electron chi connectivity index (χ2n) is 4.51. The van der Waals surface area contributed by atoms with Crippen LogP contribution in [0.3, 0.4) is 0 Å². The van der Waals surface area contributed by atoms with Crippen LogP contribution in [-0.4, -0.2) is 23.1 Å². The van der Waals surface area contributed by atoms with Crippen LogP contribution < -0.4 is 9.64 Å². The highest BCUT2D eigenvalue weighted by Crippen LogP contribution is 2.38. The van der Waals surface area contributed by atoms with Crippen molar-refractivity contribution in [1.82, 2.24) is 9.97 Å². The zero-order chi connectivity index (χ0) is 14.2. The van der Waals surface area contributed by atoms with Crippen LogP contribution in [0.5, 0.6) is 5.75 Å². The first kappa shape index (κ1) is 12.8. The molecule has 1 aromatic heterocycles. The molecule has 0 unspecified atom stereocenters. The van der Waals surface area contributed by atoms with Crippen molar-refractivity contribution in [1.29, 1.82) is 0 Å². The minimum atomic E-state index is -4.36. The Hall–Kier alpha value is -2.18. The molecule has 2 aromatic rings. The Morgan fingerprint density at radius 1 is 1.35 bits per heavy atom. The fourth-order valence-corrected chi connectivity index (χ4v) is 2.19. The number of halogens is 3. The summed E-state index contributed by atoms with van der Waals surface area (Å²) >= 11 is 0. The first-order valence-corrected chi connectivity index (χ1v) is 6.11. The van der Waals surface area contributed by atoms with Gasteiger partial charge in [0.25, 0.3) is 0 Å². The predicted octanol–water partition coefficient (Wildman–Crippen LogP) is 2.83. The smallest absolute Gasteiger partial charge is 0.416 e. The highest BCUT2D eigenvalue weighted by molar-refractivity contribution is 5.61. The first-order valence-electron chi connectivity index (χ1n) is 6.11. The zero-order valence-electron chi connectivity index (χ0n) is 10.4. The van der Waals surface area contributed by atoms with E-state index in [0.717, 1.165) is 17.8 Å². The van der Waals surface area contributed by atoms with Crippen molar-refractivity contribution in [2.75, 3.05) is 18.1 Å².